The highest BCUT2D eigenvalue weighted by molar-refractivity contribution is 7.99. The predicted octanol–water partition coefficient (Wildman–Crippen LogP) is 6.16. The zero-order valence-electron chi connectivity index (χ0n) is 21.9. The maximum atomic E-state index is 13.5. The highest BCUT2D eigenvalue weighted by Gasteiger charge is 2.32. The fourth-order valence-electron chi connectivity index (χ4n) is 4.48. The highest BCUT2D eigenvalue weighted by Crippen LogP contribution is 2.36. The van der Waals surface area contributed by atoms with Crippen molar-refractivity contribution in [2.75, 3.05) is 42.3 Å². The molecule has 41 heavy (non-hydrogen) atoms. The monoisotopic (exact) mass is 601 g/mol. The van der Waals surface area contributed by atoms with Crippen molar-refractivity contribution in [2.45, 2.75) is 24.3 Å². The van der Waals surface area contributed by atoms with Crippen molar-refractivity contribution in [2.24, 2.45) is 0 Å². The van der Waals surface area contributed by atoms with Gasteiger partial charge in [-0.2, -0.15) is 13.2 Å². The molecule has 1 aromatic heterocycles. The maximum Gasteiger partial charge on any atom is 0.416 e. The quantitative estimate of drug-likeness (QED) is 0.232. The average molecular weight is 602 g/mol. The third-order valence-corrected chi connectivity index (χ3v) is 7.75. The van der Waals surface area contributed by atoms with Gasteiger partial charge in [0, 0.05) is 24.5 Å². The first-order valence-electron chi connectivity index (χ1n) is 12.9. The topological polar surface area (TPSA) is 72.3 Å². The van der Waals surface area contributed by atoms with Gasteiger partial charge in [0.1, 0.15) is 5.82 Å². The van der Waals surface area contributed by atoms with Crippen molar-refractivity contribution in [1.82, 2.24) is 14.8 Å². The summed E-state index contributed by atoms with van der Waals surface area (Å²) in [6.07, 6.45) is -3.99. The van der Waals surface area contributed by atoms with Crippen LogP contribution >= 0.6 is 23.4 Å². The van der Waals surface area contributed by atoms with Gasteiger partial charge in [-0.1, -0.05) is 65.8 Å². The number of ether oxygens (including phenoxy) is 1. The Labute approximate surface area is 244 Å². The molecule has 1 saturated heterocycles. The van der Waals surface area contributed by atoms with E-state index in [0.717, 1.165) is 29.1 Å². The Morgan fingerprint density at radius 3 is 2.41 bits per heavy atom. The molecule has 0 atom stereocenters. The number of anilines is 2. The van der Waals surface area contributed by atoms with E-state index in [1.54, 1.807) is 12.1 Å². The molecule has 0 unspecified atom stereocenters. The Morgan fingerprint density at radius 1 is 0.976 bits per heavy atom. The van der Waals surface area contributed by atoms with Crippen LogP contribution in [0.15, 0.2) is 78.0 Å². The summed E-state index contributed by atoms with van der Waals surface area (Å²) in [4.78, 5) is 15.0. The molecule has 1 amide bonds. The molecule has 0 aliphatic carbocycles. The van der Waals surface area contributed by atoms with E-state index in [2.05, 4.69) is 15.5 Å². The zero-order chi connectivity index (χ0) is 28.8. The van der Waals surface area contributed by atoms with Gasteiger partial charge in [0.05, 0.1) is 42.4 Å². The molecular formula is C29H27ClF3N5O2S. The van der Waals surface area contributed by atoms with Crippen LogP contribution in [0.4, 0.5) is 24.5 Å². The van der Waals surface area contributed by atoms with Crippen molar-refractivity contribution in [3.8, 4) is 0 Å². The number of nitrogens with zero attached hydrogens (tertiary/aromatic N) is 4. The summed E-state index contributed by atoms with van der Waals surface area (Å²) in [5.41, 5.74) is 1.85. The number of carbonyl (C=O) groups excluding carboxylic acids is 1. The smallest absolute Gasteiger partial charge is 0.378 e. The van der Waals surface area contributed by atoms with Crippen LogP contribution in [0.1, 0.15) is 22.5 Å². The van der Waals surface area contributed by atoms with Gasteiger partial charge in [0.25, 0.3) is 0 Å². The van der Waals surface area contributed by atoms with E-state index in [4.69, 9.17) is 16.3 Å². The Bertz CT molecular complexity index is 1480. The summed E-state index contributed by atoms with van der Waals surface area (Å²) >= 11 is 7.23. The first-order chi connectivity index (χ1) is 19.8. The van der Waals surface area contributed by atoms with E-state index in [1.165, 1.54) is 17.8 Å². The number of carbonyl (C=O) groups is 1. The van der Waals surface area contributed by atoms with E-state index < -0.39 is 17.6 Å². The lowest BCUT2D eigenvalue weighted by molar-refractivity contribution is -0.137. The minimum Gasteiger partial charge on any atom is -0.378 e. The second-order valence-corrected chi connectivity index (χ2v) is 10.8. The second-order valence-electron chi connectivity index (χ2n) is 9.44. The largest absolute Gasteiger partial charge is 0.416 e. The fourth-order valence-corrected chi connectivity index (χ4v) is 5.36. The summed E-state index contributed by atoms with van der Waals surface area (Å²) < 4.78 is 47.7. The average Bonchev–Trinajstić information content (AvgIpc) is 3.34. The summed E-state index contributed by atoms with van der Waals surface area (Å²) in [5.74, 6) is 0.208. The fraction of sp³-hybridized carbons (Fsp3) is 0.276. The van der Waals surface area contributed by atoms with Gasteiger partial charge in [0.15, 0.2) is 5.16 Å². The Hall–Kier alpha value is -3.54. The molecular weight excluding hydrogens is 575 g/mol. The number of nitrogens with one attached hydrogen (secondary N) is 1. The molecule has 1 fully saturated rings. The van der Waals surface area contributed by atoms with Gasteiger partial charge >= 0.3 is 6.18 Å². The molecule has 12 heteroatoms. The van der Waals surface area contributed by atoms with E-state index in [-0.39, 0.29) is 11.4 Å². The number of amides is 1. The van der Waals surface area contributed by atoms with Crippen LogP contribution in [0.25, 0.3) is 0 Å². The number of rotatable bonds is 9. The number of halogens is 4. The SMILES string of the molecule is O=C(CSc1nnc(Cc2ccccc2)n1Cc1ccc(Cl)cc1)Nc1cc(C(F)(F)F)ccc1N1CCOCC1. The first kappa shape index (κ1) is 29.0. The second kappa shape index (κ2) is 13.0. The predicted molar refractivity (Wildman–Crippen MR) is 154 cm³/mol. The van der Waals surface area contributed by atoms with Gasteiger partial charge < -0.3 is 19.5 Å². The van der Waals surface area contributed by atoms with Gasteiger partial charge in [0.2, 0.25) is 5.91 Å². The van der Waals surface area contributed by atoms with Gasteiger partial charge in [-0.05, 0) is 41.5 Å². The van der Waals surface area contributed by atoms with E-state index in [0.29, 0.717) is 55.1 Å². The summed E-state index contributed by atoms with van der Waals surface area (Å²) in [6.45, 7) is 2.41. The van der Waals surface area contributed by atoms with Crippen LogP contribution < -0.4 is 10.2 Å². The minimum absolute atomic E-state index is 0.0666. The molecule has 0 spiro atoms. The number of thioether (sulfide) groups is 1. The van der Waals surface area contributed by atoms with Crippen LogP contribution in [0, 0.1) is 0 Å². The van der Waals surface area contributed by atoms with Crippen LogP contribution in [-0.2, 0) is 28.7 Å². The van der Waals surface area contributed by atoms with E-state index in [1.807, 2.05) is 51.9 Å². The molecule has 4 aromatic rings. The van der Waals surface area contributed by atoms with Gasteiger partial charge in [-0.3, -0.25) is 4.79 Å². The lowest BCUT2D eigenvalue weighted by atomic mass is 10.1. The lowest BCUT2D eigenvalue weighted by Crippen LogP contribution is -2.37. The zero-order valence-corrected chi connectivity index (χ0v) is 23.5. The Balaban J connectivity index is 1.35. The third-order valence-electron chi connectivity index (χ3n) is 6.53. The number of benzene rings is 3. The molecule has 1 aliphatic heterocycles. The molecule has 1 N–H and O–H groups in total. The number of morpholine rings is 1. The number of hydrogen-bond acceptors (Lipinski definition) is 6. The molecule has 214 valence electrons. The van der Waals surface area contributed by atoms with Crippen LogP contribution in [0.2, 0.25) is 5.02 Å². The highest BCUT2D eigenvalue weighted by atomic mass is 35.5. The van der Waals surface area contributed by atoms with Crippen molar-refractivity contribution in [3.05, 3.63) is 100 Å². The lowest BCUT2D eigenvalue weighted by Gasteiger charge is -2.31. The number of aromatic nitrogens is 3. The van der Waals surface area contributed by atoms with Gasteiger partial charge in [-0.15, -0.1) is 10.2 Å². The molecule has 1 aliphatic rings. The normalized spacial score (nSPS) is 13.8. The van der Waals surface area contributed by atoms with Gasteiger partial charge in [-0.25, -0.2) is 0 Å². The summed E-state index contributed by atoms with van der Waals surface area (Å²) in [6, 6.07) is 20.7. The van der Waals surface area contributed by atoms with E-state index in [9.17, 15) is 18.0 Å². The molecule has 2 heterocycles. The minimum atomic E-state index is -4.54. The summed E-state index contributed by atoms with van der Waals surface area (Å²) in [5, 5.41) is 12.6. The van der Waals surface area contributed by atoms with Crippen molar-refractivity contribution >= 4 is 40.6 Å². The van der Waals surface area contributed by atoms with Crippen LogP contribution in [-0.4, -0.2) is 52.7 Å². The number of hydrogen-bond donors (Lipinski definition) is 1. The van der Waals surface area contributed by atoms with Crippen molar-refractivity contribution in [1.29, 1.82) is 0 Å². The van der Waals surface area contributed by atoms with Crippen molar-refractivity contribution < 1.29 is 22.7 Å². The third kappa shape index (κ3) is 7.60. The van der Waals surface area contributed by atoms with E-state index >= 15 is 0 Å². The maximum absolute atomic E-state index is 13.5. The molecule has 3 aromatic carbocycles. The summed E-state index contributed by atoms with van der Waals surface area (Å²) in [7, 11) is 0. The molecule has 5 rings (SSSR count). The standard InChI is InChI=1S/C29H27ClF3N5O2S/c30-23-9-6-21(7-10-23)18-38-26(16-20-4-2-1-3-5-20)35-36-28(38)41-19-27(39)34-24-17-22(29(31,32)33)8-11-25(24)37-12-14-40-15-13-37/h1-11,17H,12-16,18-19H2,(H,34,39). The molecule has 0 saturated carbocycles. The molecule has 0 bridgehead atoms. The Morgan fingerprint density at radius 2 is 1.71 bits per heavy atom. The van der Waals surface area contributed by atoms with Crippen molar-refractivity contribution in [3.63, 3.8) is 0 Å². The first-order valence-corrected chi connectivity index (χ1v) is 14.3. The number of alkyl halides is 3. The van der Waals surface area contributed by atoms with Crippen LogP contribution in [0.3, 0.4) is 0 Å². The molecule has 7 nitrogen and oxygen atoms in total. The van der Waals surface area contributed by atoms with Crippen LogP contribution in [0.5, 0.6) is 0 Å². The Kier molecular flexibility index (Phi) is 9.16. The molecule has 0 radical (unpaired) electrons.